The Morgan fingerprint density at radius 1 is 1.40 bits per heavy atom. The summed E-state index contributed by atoms with van der Waals surface area (Å²) in [6.07, 6.45) is 0.796. The van der Waals surface area contributed by atoms with Crippen molar-refractivity contribution in [1.29, 1.82) is 0 Å². The number of benzene rings is 1. The van der Waals surface area contributed by atoms with E-state index in [1.165, 1.54) is 13.0 Å². The molecule has 4 heteroatoms. The number of amides is 1. The zero-order valence-electron chi connectivity index (χ0n) is 8.26. The van der Waals surface area contributed by atoms with Gasteiger partial charge in [-0.2, -0.15) is 0 Å². The van der Waals surface area contributed by atoms with Gasteiger partial charge in [-0.3, -0.25) is 4.79 Å². The molecule has 0 bridgehead atoms. The number of rotatable bonds is 2. The predicted octanol–water partition coefficient (Wildman–Crippen LogP) is 1.96. The molecule has 0 unspecified atom stereocenters. The van der Waals surface area contributed by atoms with E-state index in [-0.39, 0.29) is 17.9 Å². The normalized spacial score (nSPS) is 23.7. The molecule has 1 aromatic carbocycles. The van der Waals surface area contributed by atoms with Gasteiger partial charge in [-0.1, -0.05) is 6.07 Å². The number of nitrogens with one attached hydrogen (secondary N) is 1. The van der Waals surface area contributed by atoms with Crippen LogP contribution in [0.2, 0.25) is 0 Å². The first kappa shape index (κ1) is 10.1. The van der Waals surface area contributed by atoms with E-state index in [0.717, 1.165) is 18.1 Å². The van der Waals surface area contributed by atoms with Crippen molar-refractivity contribution in [3.8, 4) is 0 Å². The lowest BCUT2D eigenvalue weighted by Crippen LogP contribution is -2.23. The van der Waals surface area contributed by atoms with Gasteiger partial charge in [-0.15, -0.1) is 0 Å². The molecule has 0 heterocycles. The molecular weight excluding hydrogens is 200 g/mol. The Morgan fingerprint density at radius 2 is 2.13 bits per heavy atom. The molecular formula is C11H11F2NO. The van der Waals surface area contributed by atoms with E-state index >= 15 is 0 Å². The van der Waals surface area contributed by atoms with Crippen LogP contribution >= 0.6 is 0 Å². The van der Waals surface area contributed by atoms with E-state index < -0.39 is 11.6 Å². The first-order valence-electron chi connectivity index (χ1n) is 4.80. The molecule has 80 valence electrons. The van der Waals surface area contributed by atoms with Crippen molar-refractivity contribution in [3.63, 3.8) is 0 Å². The minimum Gasteiger partial charge on any atom is -0.353 e. The third-order valence-corrected chi connectivity index (χ3v) is 2.55. The van der Waals surface area contributed by atoms with E-state index in [9.17, 15) is 13.6 Å². The number of hydrogen-bond donors (Lipinski definition) is 1. The summed E-state index contributed by atoms with van der Waals surface area (Å²) >= 11 is 0. The largest absolute Gasteiger partial charge is 0.353 e. The lowest BCUT2D eigenvalue weighted by atomic mass is 10.1. The van der Waals surface area contributed by atoms with Crippen molar-refractivity contribution < 1.29 is 13.6 Å². The van der Waals surface area contributed by atoms with Gasteiger partial charge in [0.15, 0.2) is 11.6 Å². The number of carbonyl (C=O) groups is 1. The highest BCUT2D eigenvalue weighted by Gasteiger charge is 2.39. The average molecular weight is 211 g/mol. The Balaban J connectivity index is 2.07. The molecule has 1 amide bonds. The van der Waals surface area contributed by atoms with Crippen molar-refractivity contribution in [2.75, 3.05) is 0 Å². The summed E-state index contributed by atoms with van der Waals surface area (Å²) in [6.45, 7) is 1.45. The van der Waals surface area contributed by atoms with Crippen LogP contribution in [0.1, 0.15) is 24.8 Å². The lowest BCUT2D eigenvalue weighted by Gasteiger charge is -2.02. The fourth-order valence-corrected chi connectivity index (χ4v) is 1.73. The van der Waals surface area contributed by atoms with E-state index in [4.69, 9.17) is 0 Å². The molecule has 1 aliphatic carbocycles. The molecule has 1 N–H and O–H groups in total. The zero-order valence-corrected chi connectivity index (χ0v) is 8.26. The maximum atomic E-state index is 12.9. The summed E-state index contributed by atoms with van der Waals surface area (Å²) < 4.78 is 25.5. The van der Waals surface area contributed by atoms with Crippen LogP contribution in [-0.4, -0.2) is 11.9 Å². The van der Waals surface area contributed by atoms with E-state index in [1.807, 2.05) is 0 Å². The standard InChI is InChI=1S/C11H11F2NO/c1-6(15)14-11-5-8(11)7-2-3-9(12)10(13)4-7/h2-4,8,11H,5H2,1H3,(H,14,15)/t8-,11+/m0/s1. The van der Waals surface area contributed by atoms with Gasteiger partial charge in [-0.05, 0) is 24.1 Å². The molecule has 1 saturated carbocycles. The van der Waals surface area contributed by atoms with Crippen LogP contribution in [0.25, 0.3) is 0 Å². The van der Waals surface area contributed by atoms with Gasteiger partial charge >= 0.3 is 0 Å². The molecule has 2 rings (SSSR count). The van der Waals surface area contributed by atoms with Gasteiger partial charge in [0.05, 0.1) is 0 Å². The van der Waals surface area contributed by atoms with Crippen molar-refractivity contribution in [3.05, 3.63) is 35.4 Å². The molecule has 2 nitrogen and oxygen atoms in total. The van der Waals surface area contributed by atoms with Crippen LogP contribution in [0.5, 0.6) is 0 Å². The van der Waals surface area contributed by atoms with E-state index in [0.29, 0.717) is 0 Å². The van der Waals surface area contributed by atoms with Gasteiger partial charge < -0.3 is 5.32 Å². The lowest BCUT2D eigenvalue weighted by molar-refractivity contribution is -0.119. The molecule has 1 aromatic rings. The molecule has 0 radical (unpaired) electrons. The maximum absolute atomic E-state index is 12.9. The summed E-state index contributed by atoms with van der Waals surface area (Å²) in [4.78, 5) is 10.7. The zero-order chi connectivity index (χ0) is 11.0. The molecule has 15 heavy (non-hydrogen) atoms. The number of hydrogen-bond acceptors (Lipinski definition) is 1. The molecule has 0 aromatic heterocycles. The molecule has 0 spiro atoms. The fraction of sp³-hybridized carbons (Fsp3) is 0.364. The highest BCUT2D eigenvalue weighted by Crippen LogP contribution is 2.40. The van der Waals surface area contributed by atoms with Gasteiger partial charge in [0, 0.05) is 18.9 Å². The van der Waals surface area contributed by atoms with Crippen LogP contribution in [-0.2, 0) is 4.79 Å². The minimum absolute atomic E-state index is 0.0763. The Hall–Kier alpha value is -1.45. The van der Waals surface area contributed by atoms with Crippen LogP contribution < -0.4 is 5.32 Å². The van der Waals surface area contributed by atoms with Crippen LogP contribution in [0.3, 0.4) is 0 Å². The number of carbonyl (C=O) groups excluding carboxylic acids is 1. The maximum Gasteiger partial charge on any atom is 0.217 e. The fourth-order valence-electron chi connectivity index (χ4n) is 1.73. The van der Waals surface area contributed by atoms with Crippen LogP contribution in [0.15, 0.2) is 18.2 Å². The molecule has 0 saturated heterocycles. The average Bonchev–Trinajstić information content (AvgIpc) is 2.88. The summed E-state index contributed by atoms with van der Waals surface area (Å²) in [7, 11) is 0. The van der Waals surface area contributed by atoms with Crippen LogP contribution in [0.4, 0.5) is 8.78 Å². The highest BCUT2D eigenvalue weighted by molar-refractivity contribution is 5.73. The van der Waals surface area contributed by atoms with Gasteiger partial charge in [0.2, 0.25) is 5.91 Å². The Kier molecular flexibility index (Phi) is 2.42. The second-order valence-electron chi connectivity index (χ2n) is 3.82. The predicted molar refractivity (Wildman–Crippen MR) is 51.3 cm³/mol. The quantitative estimate of drug-likeness (QED) is 0.796. The third kappa shape index (κ3) is 2.14. The minimum atomic E-state index is -0.838. The van der Waals surface area contributed by atoms with Gasteiger partial charge in [0.1, 0.15) is 0 Å². The summed E-state index contributed by atoms with van der Waals surface area (Å²) in [5.74, 6) is -1.63. The highest BCUT2D eigenvalue weighted by atomic mass is 19.2. The summed E-state index contributed by atoms with van der Waals surface area (Å²) in [5.41, 5.74) is 0.743. The SMILES string of the molecule is CC(=O)N[C@@H]1C[C@H]1c1ccc(F)c(F)c1. The Labute approximate surface area is 86.3 Å². The first-order valence-corrected chi connectivity index (χ1v) is 4.80. The second-order valence-corrected chi connectivity index (χ2v) is 3.82. The van der Waals surface area contributed by atoms with Gasteiger partial charge in [0.25, 0.3) is 0 Å². The van der Waals surface area contributed by atoms with Crippen molar-refractivity contribution in [2.24, 2.45) is 0 Å². The van der Waals surface area contributed by atoms with Crippen molar-refractivity contribution in [1.82, 2.24) is 5.32 Å². The molecule has 1 fully saturated rings. The number of halogens is 2. The Bertz CT molecular complexity index is 406. The third-order valence-electron chi connectivity index (χ3n) is 2.55. The van der Waals surface area contributed by atoms with Crippen LogP contribution in [0, 0.1) is 11.6 Å². The smallest absolute Gasteiger partial charge is 0.217 e. The topological polar surface area (TPSA) is 29.1 Å². The second kappa shape index (κ2) is 3.61. The molecule has 0 aliphatic heterocycles. The van der Waals surface area contributed by atoms with Gasteiger partial charge in [-0.25, -0.2) is 8.78 Å². The van der Waals surface area contributed by atoms with Crippen molar-refractivity contribution >= 4 is 5.91 Å². The van der Waals surface area contributed by atoms with E-state index in [1.54, 1.807) is 6.07 Å². The van der Waals surface area contributed by atoms with E-state index in [2.05, 4.69) is 5.32 Å². The summed E-state index contributed by atoms with van der Waals surface area (Å²) in [6, 6.07) is 3.95. The molecule has 1 aliphatic rings. The van der Waals surface area contributed by atoms with Crippen molar-refractivity contribution in [2.45, 2.75) is 25.3 Å². The molecule has 2 atom stereocenters. The Morgan fingerprint density at radius 3 is 2.73 bits per heavy atom. The first-order chi connectivity index (χ1) is 7.08. The summed E-state index contributed by atoms with van der Waals surface area (Å²) in [5, 5.41) is 2.74. The monoisotopic (exact) mass is 211 g/mol.